The molecule has 0 saturated carbocycles. The zero-order valence-corrected chi connectivity index (χ0v) is 30.5. The molecule has 0 aromatic rings. The van der Waals surface area contributed by atoms with Crippen LogP contribution in [0, 0.1) is 0 Å². The largest absolute Gasteiger partial charge is 0.351 e. The molecule has 0 atom stereocenters. The first-order valence-electron chi connectivity index (χ1n) is 16.6. The third kappa shape index (κ3) is 12.3. The van der Waals surface area contributed by atoms with Crippen molar-refractivity contribution in [2.24, 2.45) is 0 Å². The minimum Gasteiger partial charge on any atom is -0.351 e. The van der Waals surface area contributed by atoms with E-state index in [-0.39, 0.29) is 5.91 Å². The maximum absolute atomic E-state index is 14.5. The minimum absolute atomic E-state index is 0.132. The molecule has 0 fully saturated rings. The van der Waals surface area contributed by atoms with Gasteiger partial charge < -0.3 is 9.80 Å². The third-order valence-corrected chi connectivity index (χ3v) is 7.65. The second kappa shape index (κ2) is 20.8. The molecule has 2 rings (SSSR count). The summed E-state index contributed by atoms with van der Waals surface area (Å²) in [4.78, 5) is 31.3. The molecule has 1 aliphatic carbocycles. The molecular weight excluding hydrogens is 564 g/mol. The lowest BCUT2D eigenvalue weighted by atomic mass is 10.0. The highest BCUT2D eigenvalue weighted by molar-refractivity contribution is 6.10. The first-order chi connectivity index (χ1) is 21.9. The maximum Gasteiger partial charge on any atom is 0.260 e. The number of carbonyl (C=O) groups excluding carboxylic acids is 2. The Balaban J connectivity index is 0.00000518. The molecule has 0 aromatic carbocycles. The van der Waals surface area contributed by atoms with E-state index < -0.39 is 0 Å². The lowest BCUT2D eigenvalue weighted by molar-refractivity contribution is -0.124. The molecule has 0 saturated heterocycles. The third-order valence-electron chi connectivity index (χ3n) is 7.65. The summed E-state index contributed by atoms with van der Waals surface area (Å²) in [6, 6.07) is 0. The number of nitrogens with zero attached hydrogens (tertiary/aromatic N) is 2. The zero-order chi connectivity index (χ0) is 34.8. The van der Waals surface area contributed by atoms with Gasteiger partial charge in [0.15, 0.2) is 6.29 Å². The molecule has 0 unspecified atom stereocenters. The van der Waals surface area contributed by atoms with Gasteiger partial charge in [-0.25, -0.2) is 0 Å². The SMILES string of the molecule is C=C(C)/C=C(C)\C=C(/C)N(C)/C(C/C=C\C(C)=C/CC)=C1/C(=O)N(CC2=CC(C)=CC=CC2)C(C/C=C\C(C)=C/C)=C1C=O.CC. The Morgan fingerprint density at radius 2 is 1.70 bits per heavy atom. The average molecular weight is 623 g/mol. The van der Waals surface area contributed by atoms with Gasteiger partial charge in [0.1, 0.15) is 0 Å². The molecule has 1 heterocycles. The van der Waals surface area contributed by atoms with E-state index in [0.29, 0.717) is 30.5 Å². The van der Waals surface area contributed by atoms with Crippen molar-refractivity contribution in [2.75, 3.05) is 13.6 Å². The molecule has 2 aliphatic rings. The van der Waals surface area contributed by atoms with Crippen LogP contribution in [0.1, 0.15) is 94.9 Å². The lowest BCUT2D eigenvalue weighted by Crippen LogP contribution is -2.30. The number of allylic oxidation sites excluding steroid dienone is 18. The highest BCUT2D eigenvalue weighted by atomic mass is 16.2. The number of aldehydes is 1. The van der Waals surface area contributed by atoms with Crippen LogP contribution < -0.4 is 0 Å². The number of rotatable bonds is 14. The summed E-state index contributed by atoms with van der Waals surface area (Å²) in [5.74, 6) is -0.132. The molecule has 0 N–H and O–H groups in total. The molecule has 248 valence electrons. The van der Waals surface area contributed by atoms with E-state index in [1.165, 1.54) is 5.57 Å². The molecule has 0 radical (unpaired) electrons. The van der Waals surface area contributed by atoms with Gasteiger partial charge in [-0.05, 0) is 78.5 Å². The Morgan fingerprint density at radius 1 is 1.02 bits per heavy atom. The van der Waals surface area contributed by atoms with E-state index in [1.54, 1.807) is 0 Å². The summed E-state index contributed by atoms with van der Waals surface area (Å²) >= 11 is 0. The Labute approximate surface area is 280 Å². The molecule has 1 amide bonds. The van der Waals surface area contributed by atoms with Crippen molar-refractivity contribution in [1.82, 2.24) is 9.80 Å². The summed E-state index contributed by atoms with van der Waals surface area (Å²) in [6.45, 7) is 24.8. The van der Waals surface area contributed by atoms with Crippen LogP contribution in [-0.2, 0) is 9.59 Å². The fourth-order valence-electron chi connectivity index (χ4n) is 5.31. The Bertz CT molecular complexity index is 1460. The van der Waals surface area contributed by atoms with Crippen molar-refractivity contribution in [3.8, 4) is 0 Å². The smallest absolute Gasteiger partial charge is 0.260 e. The number of hydrogen-bond donors (Lipinski definition) is 0. The van der Waals surface area contributed by atoms with E-state index in [2.05, 4.69) is 80.9 Å². The molecule has 0 bridgehead atoms. The van der Waals surface area contributed by atoms with Crippen LogP contribution in [0.5, 0.6) is 0 Å². The molecule has 0 spiro atoms. The summed E-state index contributed by atoms with van der Waals surface area (Å²) in [5.41, 5.74) is 10.1. The number of carbonyl (C=O) groups is 2. The lowest BCUT2D eigenvalue weighted by Gasteiger charge is -2.26. The second-order valence-electron chi connectivity index (χ2n) is 11.7. The number of hydrogen-bond acceptors (Lipinski definition) is 3. The van der Waals surface area contributed by atoms with Gasteiger partial charge in [-0.15, -0.1) is 0 Å². The summed E-state index contributed by atoms with van der Waals surface area (Å²) in [7, 11) is 1.98. The van der Waals surface area contributed by atoms with Crippen molar-refractivity contribution in [2.45, 2.75) is 94.9 Å². The van der Waals surface area contributed by atoms with Crippen molar-refractivity contribution in [3.05, 3.63) is 141 Å². The van der Waals surface area contributed by atoms with Crippen molar-refractivity contribution in [1.29, 1.82) is 0 Å². The normalized spacial score (nSPS) is 17.7. The molecule has 46 heavy (non-hydrogen) atoms. The van der Waals surface area contributed by atoms with Gasteiger partial charge in [-0.1, -0.05) is 116 Å². The minimum atomic E-state index is -0.132. The fraction of sp³-hybridized carbons (Fsp3) is 0.381. The van der Waals surface area contributed by atoms with E-state index in [4.69, 9.17) is 0 Å². The molecule has 0 aromatic heterocycles. The van der Waals surface area contributed by atoms with Crippen LogP contribution in [0.3, 0.4) is 0 Å². The van der Waals surface area contributed by atoms with Crippen LogP contribution in [0.15, 0.2) is 141 Å². The Hall–Kier alpha value is -4.18. The zero-order valence-electron chi connectivity index (χ0n) is 30.5. The van der Waals surface area contributed by atoms with Crippen molar-refractivity contribution >= 4 is 12.2 Å². The van der Waals surface area contributed by atoms with Gasteiger partial charge in [0.2, 0.25) is 0 Å². The fourth-order valence-corrected chi connectivity index (χ4v) is 5.31. The van der Waals surface area contributed by atoms with Gasteiger partial charge in [-0.2, -0.15) is 0 Å². The van der Waals surface area contributed by atoms with Crippen molar-refractivity contribution < 1.29 is 9.59 Å². The summed E-state index contributed by atoms with van der Waals surface area (Å²) in [5, 5.41) is 0. The first kappa shape index (κ1) is 39.8. The Morgan fingerprint density at radius 3 is 2.30 bits per heavy atom. The van der Waals surface area contributed by atoms with Crippen LogP contribution in [0.2, 0.25) is 0 Å². The Kier molecular flexibility index (Phi) is 18.0. The van der Waals surface area contributed by atoms with E-state index in [1.807, 2.05) is 84.7 Å². The quantitative estimate of drug-likeness (QED) is 0.110. The van der Waals surface area contributed by atoms with Crippen LogP contribution in [-0.4, -0.2) is 35.6 Å². The maximum atomic E-state index is 14.5. The molecular formula is C42H58N2O2. The van der Waals surface area contributed by atoms with E-state index in [0.717, 1.165) is 64.1 Å². The van der Waals surface area contributed by atoms with E-state index >= 15 is 0 Å². The summed E-state index contributed by atoms with van der Waals surface area (Å²) in [6.07, 6.45) is 28.6. The molecule has 4 heteroatoms. The van der Waals surface area contributed by atoms with Gasteiger partial charge in [0.05, 0.1) is 5.57 Å². The molecule has 1 aliphatic heterocycles. The van der Waals surface area contributed by atoms with Gasteiger partial charge in [0.25, 0.3) is 5.91 Å². The predicted molar refractivity (Wildman–Crippen MR) is 200 cm³/mol. The predicted octanol–water partition coefficient (Wildman–Crippen LogP) is 11.0. The molecule has 4 nitrogen and oxygen atoms in total. The standard InChI is InChI=1S/C40H52N2O2.C2H6/c1-11-17-31(6)20-16-23-38(41(10)34(9)25-33(8)24-29(3)4)39-36(28-43)37(22-15-19-30(5)12-2)42(40(39)44)27-35-21-14-13-18-32(7)26-35;1-2/h12-20,24-26,28H,3,11,21-23,27H2,1-2,4-10H3;1-2H3/b19-15-,20-16-,30-12-,31-17-,33-24-,34-25+,39-38+;. The summed E-state index contributed by atoms with van der Waals surface area (Å²) < 4.78 is 0. The van der Waals surface area contributed by atoms with E-state index in [9.17, 15) is 9.59 Å². The number of amides is 1. The second-order valence-corrected chi connectivity index (χ2v) is 11.7. The average Bonchev–Trinajstić information content (AvgIpc) is 3.11. The van der Waals surface area contributed by atoms with Gasteiger partial charge >= 0.3 is 0 Å². The van der Waals surface area contributed by atoms with Gasteiger partial charge in [0, 0.05) is 49.1 Å². The highest BCUT2D eigenvalue weighted by Crippen LogP contribution is 2.36. The van der Waals surface area contributed by atoms with Crippen LogP contribution in [0.25, 0.3) is 0 Å². The topological polar surface area (TPSA) is 40.6 Å². The first-order valence-corrected chi connectivity index (χ1v) is 16.6. The monoisotopic (exact) mass is 622 g/mol. The van der Waals surface area contributed by atoms with Gasteiger partial charge in [-0.3, -0.25) is 9.59 Å². The van der Waals surface area contributed by atoms with Crippen LogP contribution >= 0.6 is 0 Å². The van der Waals surface area contributed by atoms with Crippen LogP contribution in [0.4, 0.5) is 0 Å². The van der Waals surface area contributed by atoms with Crippen molar-refractivity contribution in [3.63, 3.8) is 0 Å². The highest BCUT2D eigenvalue weighted by Gasteiger charge is 2.37.